The van der Waals surface area contributed by atoms with Crippen LogP contribution in [0, 0.1) is 5.82 Å². The van der Waals surface area contributed by atoms with Crippen LogP contribution in [0.2, 0.25) is 0 Å². The Bertz CT molecular complexity index is 1950. The molecule has 0 aliphatic carbocycles. The normalized spacial score (nSPS) is 11.2. The van der Waals surface area contributed by atoms with Crippen LogP contribution in [0.3, 0.4) is 0 Å². The van der Waals surface area contributed by atoms with Gasteiger partial charge in [-0.2, -0.15) is 0 Å². The standard InChI is InChI=1S/C28H18BrFN6O3/c1-35-12-10-20-25(35)32-15-33-28(20)39-18-7-5-17(6-8-18)34-27(38)21-14-36(23-9-4-16(29)13-22(23)30)26-19(24(21)37)3-2-11-31-26/h2-15H,1H3,(H,34,38). The molecule has 0 atom stereocenters. The quantitative estimate of drug-likeness (QED) is 0.282. The Morgan fingerprint density at radius 1 is 1.00 bits per heavy atom. The molecule has 4 heterocycles. The van der Waals surface area contributed by atoms with Gasteiger partial charge in [0.05, 0.1) is 16.5 Å². The third-order valence-electron chi connectivity index (χ3n) is 6.13. The van der Waals surface area contributed by atoms with Crippen molar-refractivity contribution in [2.75, 3.05) is 5.32 Å². The molecule has 0 radical (unpaired) electrons. The number of carbonyl (C=O) groups is 1. The molecule has 6 rings (SSSR count). The Morgan fingerprint density at radius 2 is 1.82 bits per heavy atom. The summed E-state index contributed by atoms with van der Waals surface area (Å²) in [7, 11) is 1.88. The molecule has 0 bridgehead atoms. The lowest BCUT2D eigenvalue weighted by molar-refractivity contribution is 0.102. The van der Waals surface area contributed by atoms with E-state index in [1.165, 1.54) is 29.4 Å². The Labute approximate surface area is 228 Å². The molecule has 1 amide bonds. The first kappa shape index (κ1) is 24.4. The zero-order chi connectivity index (χ0) is 27.1. The van der Waals surface area contributed by atoms with Gasteiger partial charge in [-0.15, -0.1) is 0 Å². The number of benzene rings is 2. The summed E-state index contributed by atoms with van der Waals surface area (Å²) in [6, 6.07) is 16.2. The summed E-state index contributed by atoms with van der Waals surface area (Å²) in [6.07, 6.45) is 6.10. The van der Waals surface area contributed by atoms with Gasteiger partial charge in [-0.05, 0) is 60.7 Å². The summed E-state index contributed by atoms with van der Waals surface area (Å²) in [4.78, 5) is 39.2. The summed E-state index contributed by atoms with van der Waals surface area (Å²) in [6.45, 7) is 0. The first-order valence-corrected chi connectivity index (χ1v) is 12.5. The number of nitrogens with zero attached hydrogens (tertiary/aromatic N) is 5. The molecule has 0 unspecified atom stereocenters. The van der Waals surface area contributed by atoms with E-state index in [0.717, 1.165) is 11.0 Å². The highest BCUT2D eigenvalue weighted by molar-refractivity contribution is 9.10. The number of pyridine rings is 2. The second-order valence-corrected chi connectivity index (χ2v) is 9.55. The minimum atomic E-state index is -0.646. The van der Waals surface area contributed by atoms with Crippen molar-refractivity contribution in [1.82, 2.24) is 24.1 Å². The molecule has 9 nitrogen and oxygen atoms in total. The van der Waals surface area contributed by atoms with E-state index in [1.807, 2.05) is 23.9 Å². The van der Waals surface area contributed by atoms with Gasteiger partial charge >= 0.3 is 0 Å². The molecule has 4 aromatic heterocycles. The van der Waals surface area contributed by atoms with Crippen molar-refractivity contribution in [3.63, 3.8) is 0 Å². The number of ether oxygens (including phenoxy) is 1. The Kier molecular flexibility index (Phi) is 6.12. The molecule has 0 fully saturated rings. The van der Waals surface area contributed by atoms with Crippen molar-refractivity contribution >= 4 is 49.6 Å². The summed E-state index contributed by atoms with van der Waals surface area (Å²) >= 11 is 3.24. The van der Waals surface area contributed by atoms with Gasteiger partial charge in [0.25, 0.3) is 5.91 Å². The molecule has 6 aromatic rings. The summed E-state index contributed by atoms with van der Waals surface area (Å²) in [5.74, 6) is -0.282. The highest BCUT2D eigenvalue weighted by atomic mass is 79.9. The molecule has 2 aromatic carbocycles. The van der Waals surface area contributed by atoms with Crippen molar-refractivity contribution < 1.29 is 13.9 Å². The van der Waals surface area contributed by atoms with Gasteiger partial charge in [-0.3, -0.25) is 14.2 Å². The predicted octanol–water partition coefficient (Wildman–Crippen LogP) is 5.61. The van der Waals surface area contributed by atoms with Gasteiger partial charge in [0.2, 0.25) is 11.3 Å². The fourth-order valence-electron chi connectivity index (χ4n) is 4.23. The van der Waals surface area contributed by atoms with Gasteiger partial charge in [-0.25, -0.2) is 19.3 Å². The number of nitrogens with one attached hydrogen (secondary N) is 1. The Morgan fingerprint density at radius 3 is 2.62 bits per heavy atom. The van der Waals surface area contributed by atoms with Crippen molar-refractivity contribution in [1.29, 1.82) is 0 Å². The molecule has 39 heavy (non-hydrogen) atoms. The molecular weight excluding hydrogens is 567 g/mol. The molecule has 0 aliphatic heterocycles. The van der Waals surface area contributed by atoms with Crippen LogP contribution in [0.5, 0.6) is 11.6 Å². The van der Waals surface area contributed by atoms with Gasteiger partial charge in [0, 0.05) is 35.8 Å². The van der Waals surface area contributed by atoms with Crippen LogP contribution >= 0.6 is 15.9 Å². The number of aromatic nitrogens is 5. The van der Waals surface area contributed by atoms with E-state index >= 15 is 0 Å². The second-order valence-electron chi connectivity index (χ2n) is 8.64. The fourth-order valence-corrected chi connectivity index (χ4v) is 4.57. The smallest absolute Gasteiger partial charge is 0.261 e. The van der Waals surface area contributed by atoms with Crippen LogP contribution in [0.4, 0.5) is 10.1 Å². The summed E-state index contributed by atoms with van der Waals surface area (Å²) < 4.78 is 24.6. The number of amides is 1. The van der Waals surface area contributed by atoms with Gasteiger partial charge in [-0.1, -0.05) is 15.9 Å². The number of hydrogen-bond donors (Lipinski definition) is 1. The van der Waals surface area contributed by atoms with E-state index in [1.54, 1.807) is 48.5 Å². The first-order valence-electron chi connectivity index (χ1n) is 11.7. The molecule has 0 spiro atoms. The van der Waals surface area contributed by atoms with Gasteiger partial charge in [0.1, 0.15) is 34.8 Å². The van der Waals surface area contributed by atoms with Crippen molar-refractivity contribution in [2.24, 2.45) is 7.05 Å². The van der Waals surface area contributed by atoms with E-state index < -0.39 is 17.2 Å². The largest absolute Gasteiger partial charge is 0.438 e. The Hall–Kier alpha value is -4.90. The van der Waals surface area contributed by atoms with E-state index in [2.05, 4.69) is 36.2 Å². The lowest BCUT2D eigenvalue weighted by Gasteiger charge is -2.14. The second kappa shape index (κ2) is 9.76. The number of anilines is 1. The van der Waals surface area contributed by atoms with Crippen LogP contribution < -0.4 is 15.5 Å². The predicted molar refractivity (Wildman–Crippen MR) is 148 cm³/mol. The fraction of sp³-hybridized carbons (Fsp3) is 0.0357. The minimum Gasteiger partial charge on any atom is -0.438 e. The van der Waals surface area contributed by atoms with Crippen LogP contribution in [-0.4, -0.2) is 30.0 Å². The van der Waals surface area contributed by atoms with Crippen LogP contribution in [0.1, 0.15) is 10.4 Å². The van der Waals surface area contributed by atoms with E-state index in [4.69, 9.17) is 4.74 Å². The van der Waals surface area contributed by atoms with Crippen LogP contribution in [0.15, 0.2) is 94.8 Å². The molecule has 0 saturated carbocycles. The zero-order valence-electron chi connectivity index (χ0n) is 20.3. The van der Waals surface area contributed by atoms with Crippen LogP contribution in [0.25, 0.3) is 27.8 Å². The number of carbonyl (C=O) groups excluding carboxylic acids is 1. The molecule has 192 valence electrons. The maximum absolute atomic E-state index is 14.8. The van der Waals surface area contributed by atoms with Crippen molar-refractivity contribution in [2.45, 2.75) is 0 Å². The lowest BCUT2D eigenvalue weighted by atomic mass is 10.1. The number of fused-ring (bicyclic) bond motifs is 2. The molecule has 11 heteroatoms. The average Bonchev–Trinajstić information content (AvgIpc) is 3.32. The number of rotatable bonds is 5. The monoisotopic (exact) mass is 584 g/mol. The van der Waals surface area contributed by atoms with E-state index in [9.17, 15) is 14.0 Å². The Balaban J connectivity index is 1.30. The average molecular weight is 585 g/mol. The lowest BCUT2D eigenvalue weighted by Crippen LogP contribution is -2.24. The van der Waals surface area contributed by atoms with Gasteiger partial charge < -0.3 is 14.6 Å². The molecular formula is C28H18BrFN6O3. The summed E-state index contributed by atoms with van der Waals surface area (Å²) in [5.41, 5.74) is 0.884. The maximum atomic E-state index is 14.8. The highest BCUT2D eigenvalue weighted by Crippen LogP contribution is 2.28. The SMILES string of the molecule is Cn1ccc2c(Oc3ccc(NC(=O)c4cn(-c5ccc(Br)cc5F)c5ncccc5c4=O)cc3)ncnc21. The summed E-state index contributed by atoms with van der Waals surface area (Å²) in [5, 5.41) is 3.69. The van der Waals surface area contributed by atoms with Crippen molar-refractivity contribution in [3.8, 4) is 17.3 Å². The minimum absolute atomic E-state index is 0.148. The van der Waals surface area contributed by atoms with Gasteiger partial charge in [0.15, 0.2) is 0 Å². The maximum Gasteiger partial charge on any atom is 0.261 e. The van der Waals surface area contributed by atoms with E-state index in [0.29, 0.717) is 21.8 Å². The topological polar surface area (TPSA) is 104 Å². The number of aryl methyl sites for hydroxylation is 1. The van der Waals surface area contributed by atoms with Crippen LogP contribution in [-0.2, 0) is 7.05 Å². The molecule has 0 aliphatic rings. The molecule has 1 N–H and O–H groups in total. The third kappa shape index (κ3) is 4.53. The zero-order valence-corrected chi connectivity index (χ0v) is 21.9. The first-order chi connectivity index (χ1) is 18.9. The number of hydrogen-bond acceptors (Lipinski definition) is 6. The molecule has 0 saturated heterocycles. The van der Waals surface area contributed by atoms with E-state index in [-0.39, 0.29) is 22.3 Å². The number of halogens is 2. The highest BCUT2D eigenvalue weighted by Gasteiger charge is 2.19. The third-order valence-corrected chi connectivity index (χ3v) is 6.62. The van der Waals surface area contributed by atoms with Crippen molar-refractivity contribution in [3.05, 3.63) is 112 Å².